The molecule has 0 aromatic carbocycles. The first-order valence-electron chi connectivity index (χ1n) is 7.13. The Bertz CT molecular complexity index is 340. The summed E-state index contributed by atoms with van der Waals surface area (Å²) < 4.78 is 11.2. The maximum absolute atomic E-state index is 12.1. The Morgan fingerprint density at radius 2 is 2.26 bits per heavy atom. The second-order valence-electron chi connectivity index (χ2n) is 6.88. The molecule has 2 aliphatic heterocycles. The van der Waals surface area contributed by atoms with Gasteiger partial charge in [-0.1, -0.05) is 0 Å². The molecule has 1 amide bonds. The number of hydrogen-bond acceptors (Lipinski definition) is 4. The van der Waals surface area contributed by atoms with Gasteiger partial charge >= 0.3 is 6.09 Å². The third-order valence-electron chi connectivity index (χ3n) is 3.86. The average molecular weight is 270 g/mol. The molecule has 2 saturated heterocycles. The van der Waals surface area contributed by atoms with E-state index in [2.05, 4.69) is 0 Å². The van der Waals surface area contributed by atoms with Crippen molar-refractivity contribution in [3.8, 4) is 0 Å². The molecule has 19 heavy (non-hydrogen) atoms. The first-order chi connectivity index (χ1) is 8.84. The minimum Gasteiger partial charge on any atom is -0.444 e. The van der Waals surface area contributed by atoms with Crippen LogP contribution in [0.4, 0.5) is 4.79 Å². The summed E-state index contributed by atoms with van der Waals surface area (Å²) in [5, 5.41) is 0. The molecule has 2 fully saturated rings. The zero-order valence-electron chi connectivity index (χ0n) is 12.3. The predicted molar refractivity (Wildman–Crippen MR) is 72.9 cm³/mol. The summed E-state index contributed by atoms with van der Waals surface area (Å²) in [4.78, 5) is 14.0. The highest BCUT2D eigenvalue weighted by Gasteiger charge is 2.44. The van der Waals surface area contributed by atoms with E-state index in [0.29, 0.717) is 13.2 Å². The van der Waals surface area contributed by atoms with Crippen LogP contribution in [0.3, 0.4) is 0 Å². The number of likely N-dealkylation sites (tertiary alicyclic amines) is 1. The van der Waals surface area contributed by atoms with Crippen LogP contribution < -0.4 is 5.73 Å². The topological polar surface area (TPSA) is 64.8 Å². The van der Waals surface area contributed by atoms with Gasteiger partial charge in [-0.2, -0.15) is 0 Å². The smallest absolute Gasteiger partial charge is 0.410 e. The molecule has 0 radical (unpaired) electrons. The molecule has 5 heteroatoms. The van der Waals surface area contributed by atoms with Gasteiger partial charge < -0.3 is 20.1 Å². The van der Waals surface area contributed by atoms with E-state index in [1.807, 2.05) is 25.7 Å². The third kappa shape index (κ3) is 3.60. The van der Waals surface area contributed by atoms with Gasteiger partial charge in [-0.25, -0.2) is 4.79 Å². The Morgan fingerprint density at radius 1 is 1.53 bits per heavy atom. The summed E-state index contributed by atoms with van der Waals surface area (Å²) >= 11 is 0. The Balaban J connectivity index is 1.96. The predicted octanol–water partition coefficient (Wildman–Crippen LogP) is 1.75. The monoisotopic (exact) mass is 270 g/mol. The van der Waals surface area contributed by atoms with Crippen LogP contribution in [0.15, 0.2) is 0 Å². The molecule has 0 aromatic heterocycles. The van der Waals surface area contributed by atoms with E-state index < -0.39 is 5.60 Å². The lowest BCUT2D eigenvalue weighted by Gasteiger charge is -2.39. The van der Waals surface area contributed by atoms with Crippen LogP contribution in [0, 0.1) is 5.41 Å². The minimum absolute atomic E-state index is 0.0964. The van der Waals surface area contributed by atoms with E-state index in [1.165, 1.54) is 0 Å². The van der Waals surface area contributed by atoms with Crippen molar-refractivity contribution < 1.29 is 14.3 Å². The molecular formula is C14H26N2O3. The van der Waals surface area contributed by atoms with Gasteiger partial charge in [-0.05, 0) is 40.0 Å². The molecule has 2 atom stereocenters. The van der Waals surface area contributed by atoms with Crippen LogP contribution in [-0.2, 0) is 9.47 Å². The average Bonchev–Trinajstić information content (AvgIpc) is 2.70. The fourth-order valence-electron chi connectivity index (χ4n) is 3.02. The van der Waals surface area contributed by atoms with Crippen LogP contribution in [0.5, 0.6) is 0 Å². The molecule has 110 valence electrons. The lowest BCUT2D eigenvalue weighted by Crippen LogP contribution is -2.48. The normalized spacial score (nSPS) is 31.8. The standard InChI is InChI=1S/C14H26N2O3/c1-13(2,3)19-12(17)16-6-4-5-14(9-16)7-11(8-15)18-10-14/h11H,4-10,15H2,1-3H3. The van der Waals surface area contributed by atoms with Gasteiger partial charge in [0.25, 0.3) is 0 Å². The van der Waals surface area contributed by atoms with Crippen LogP contribution in [-0.4, -0.2) is 48.9 Å². The number of carbonyl (C=O) groups is 1. The molecule has 5 nitrogen and oxygen atoms in total. The number of piperidine rings is 1. The van der Waals surface area contributed by atoms with E-state index in [1.54, 1.807) is 0 Å². The summed E-state index contributed by atoms with van der Waals surface area (Å²) in [6.45, 7) is 8.49. The molecule has 2 aliphatic rings. The third-order valence-corrected chi connectivity index (χ3v) is 3.86. The zero-order chi connectivity index (χ0) is 14.1. The Labute approximate surface area is 115 Å². The number of nitrogens with zero attached hydrogens (tertiary/aromatic N) is 1. The molecule has 0 aliphatic carbocycles. The fourth-order valence-corrected chi connectivity index (χ4v) is 3.02. The second kappa shape index (κ2) is 5.29. The largest absolute Gasteiger partial charge is 0.444 e. The number of ether oxygens (including phenoxy) is 2. The van der Waals surface area contributed by atoms with Crippen molar-refractivity contribution in [3.63, 3.8) is 0 Å². The van der Waals surface area contributed by atoms with Crippen molar-refractivity contribution in [1.82, 2.24) is 4.90 Å². The number of hydrogen-bond donors (Lipinski definition) is 1. The second-order valence-corrected chi connectivity index (χ2v) is 6.88. The van der Waals surface area contributed by atoms with Crippen molar-refractivity contribution >= 4 is 6.09 Å². The molecule has 1 spiro atoms. The first-order valence-corrected chi connectivity index (χ1v) is 7.13. The van der Waals surface area contributed by atoms with E-state index in [0.717, 1.165) is 32.4 Å². The van der Waals surface area contributed by atoms with E-state index in [-0.39, 0.29) is 17.6 Å². The van der Waals surface area contributed by atoms with Crippen LogP contribution in [0.2, 0.25) is 0 Å². The molecule has 2 N–H and O–H groups in total. The van der Waals surface area contributed by atoms with E-state index in [4.69, 9.17) is 15.2 Å². The molecule has 2 rings (SSSR count). The van der Waals surface area contributed by atoms with E-state index in [9.17, 15) is 4.79 Å². The number of nitrogens with two attached hydrogens (primary N) is 1. The highest BCUT2D eigenvalue weighted by molar-refractivity contribution is 5.68. The van der Waals surface area contributed by atoms with Crippen molar-refractivity contribution in [1.29, 1.82) is 0 Å². The number of carbonyl (C=O) groups excluding carboxylic acids is 1. The summed E-state index contributed by atoms with van der Waals surface area (Å²) in [5.74, 6) is 0. The molecule has 0 aromatic rings. The van der Waals surface area contributed by atoms with Gasteiger partial charge in [-0.3, -0.25) is 0 Å². The highest BCUT2D eigenvalue weighted by atomic mass is 16.6. The minimum atomic E-state index is -0.437. The molecule has 2 heterocycles. The van der Waals surface area contributed by atoms with Crippen LogP contribution in [0.1, 0.15) is 40.0 Å². The van der Waals surface area contributed by atoms with Crippen molar-refractivity contribution in [2.24, 2.45) is 11.1 Å². The summed E-state index contributed by atoms with van der Waals surface area (Å²) in [5.41, 5.74) is 5.33. The maximum Gasteiger partial charge on any atom is 0.410 e. The number of rotatable bonds is 1. The van der Waals surface area contributed by atoms with Gasteiger partial charge in [0.2, 0.25) is 0 Å². The van der Waals surface area contributed by atoms with Gasteiger partial charge in [0, 0.05) is 25.0 Å². The van der Waals surface area contributed by atoms with Crippen molar-refractivity contribution in [2.75, 3.05) is 26.2 Å². The Hall–Kier alpha value is -0.810. The lowest BCUT2D eigenvalue weighted by molar-refractivity contribution is 0.00174. The summed E-state index contributed by atoms with van der Waals surface area (Å²) in [6.07, 6.45) is 3.03. The Kier molecular flexibility index (Phi) is 4.06. The lowest BCUT2D eigenvalue weighted by atomic mass is 9.78. The number of amides is 1. The van der Waals surface area contributed by atoms with Crippen molar-refractivity contribution in [3.05, 3.63) is 0 Å². The molecule has 0 saturated carbocycles. The zero-order valence-corrected chi connectivity index (χ0v) is 12.3. The van der Waals surface area contributed by atoms with Gasteiger partial charge in [0.05, 0.1) is 12.7 Å². The van der Waals surface area contributed by atoms with Gasteiger partial charge in [0.1, 0.15) is 5.60 Å². The molecular weight excluding hydrogens is 244 g/mol. The van der Waals surface area contributed by atoms with Crippen LogP contribution >= 0.6 is 0 Å². The maximum atomic E-state index is 12.1. The molecule has 2 unspecified atom stereocenters. The highest BCUT2D eigenvalue weighted by Crippen LogP contribution is 2.40. The SMILES string of the molecule is CC(C)(C)OC(=O)N1CCCC2(COC(CN)C2)C1. The summed E-state index contributed by atoms with van der Waals surface area (Å²) in [7, 11) is 0. The quantitative estimate of drug-likeness (QED) is 0.788. The van der Waals surface area contributed by atoms with Gasteiger partial charge in [0.15, 0.2) is 0 Å². The Morgan fingerprint density at radius 3 is 2.84 bits per heavy atom. The fraction of sp³-hybridized carbons (Fsp3) is 0.929. The summed E-state index contributed by atoms with van der Waals surface area (Å²) in [6, 6.07) is 0. The van der Waals surface area contributed by atoms with Crippen LogP contribution in [0.25, 0.3) is 0 Å². The first kappa shape index (κ1) is 14.6. The van der Waals surface area contributed by atoms with Gasteiger partial charge in [-0.15, -0.1) is 0 Å². The molecule has 0 bridgehead atoms. The van der Waals surface area contributed by atoms with E-state index >= 15 is 0 Å². The van der Waals surface area contributed by atoms with Crippen molar-refractivity contribution in [2.45, 2.75) is 51.7 Å².